The van der Waals surface area contributed by atoms with E-state index in [4.69, 9.17) is 10.8 Å². The third kappa shape index (κ3) is 4.23. The molecule has 0 saturated carbocycles. The van der Waals surface area contributed by atoms with Crippen LogP contribution in [0.2, 0.25) is 0 Å². The number of rotatable bonds is 6. The van der Waals surface area contributed by atoms with Gasteiger partial charge < -0.3 is 15.7 Å². The zero-order valence-corrected chi connectivity index (χ0v) is 8.69. The van der Waals surface area contributed by atoms with Crippen molar-refractivity contribution < 1.29 is 14.7 Å². The van der Waals surface area contributed by atoms with E-state index in [1.54, 1.807) is 6.92 Å². The van der Waals surface area contributed by atoms with Gasteiger partial charge in [-0.3, -0.25) is 9.59 Å². The van der Waals surface area contributed by atoms with Crippen molar-refractivity contribution in [2.45, 2.75) is 32.7 Å². The van der Waals surface area contributed by atoms with E-state index >= 15 is 0 Å². The Morgan fingerprint density at radius 2 is 2.00 bits per heavy atom. The third-order valence-corrected chi connectivity index (χ3v) is 1.94. The lowest BCUT2D eigenvalue weighted by atomic mass is 10.1. The van der Waals surface area contributed by atoms with Crippen molar-refractivity contribution in [3.05, 3.63) is 0 Å². The van der Waals surface area contributed by atoms with Gasteiger partial charge in [0.15, 0.2) is 0 Å². The molecule has 0 radical (unpaired) electrons. The first kappa shape index (κ1) is 12.9. The number of amides is 1. The summed E-state index contributed by atoms with van der Waals surface area (Å²) in [5.74, 6) is -1.29. The summed E-state index contributed by atoms with van der Waals surface area (Å²) >= 11 is 0. The summed E-state index contributed by atoms with van der Waals surface area (Å²) in [6.45, 7) is 3.77. The summed E-state index contributed by atoms with van der Waals surface area (Å²) < 4.78 is 0. The van der Waals surface area contributed by atoms with Gasteiger partial charge in [-0.05, 0) is 13.3 Å². The number of nitrogens with two attached hydrogens (primary N) is 1. The number of carboxylic acids is 1. The number of aliphatic carboxylic acids is 1. The first-order chi connectivity index (χ1) is 6.52. The maximum absolute atomic E-state index is 11.5. The van der Waals surface area contributed by atoms with E-state index in [2.05, 4.69) is 0 Å². The predicted octanol–water partition coefficient (Wildman–Crippen LogP) is 0.0469. The van der Waals surface area contributed by atoms with Crippen molar-refractivity contribution in [3.8, 4) is 0 Å². The van der Waals surface area contributed by atoms with Crippen LogP contribution in [0.15, 0.2) is 0 Å². The molecule has 1 amide bonds. The van der Waals surface area contributed by atoms with Crippen LogP contribution in [0.1, 0.15) is 26.7 Å². The summed E-state index contributed by atoms with van der Waals surface area (Å²) in [5, 5.41) is 8.54. The first-order valence-corrected chi connectivity index (χ1v) is 4.79. The molecule has 0 unspecified atom stereocenters. The molecule has 0 spiro atoms. The Labute approximate surface area is 83.9 Å². The monoisotopic (exact) mass is 202 g/mol. The third-order valence-electron chi connectivity index (χ3n) is 1.94. The van der Waals surface area contributed by atoms with Crippen molar-refractivity contribution in [1.82, 2.24) is 4.90 Å². The predicted molar refractivity (Wildman–Crippen MR) is 52.8 cm³/mol. The lowest BCUT2D eigenvalue weighted by Gasteiger charge is -2.22. The van der Waals surface area contributed by atoms with E-state index in [-0.39, 0.29) is 12.5 Å². The molecule has 3 N–H and O–H groups in total. The Bertz CT molecular complexity index is 206. The summed E-state index contributed by atoms with van der Waals surface area (Å²) in [5.41, 5.74) is 5.60. The molecule has 0 aromatic heterocycles. The molecule has 82 valence electrons. The lowest BCUT2D eigenvalue weighted by molar-refractivity contribution is -0.144. The van der Waals surface area contributed by atoms with Crippen LogP contribution < -0.4 is 5.73 Å². The Kier molecular flexibility index (Phi) is 5.87. The van der Waals surface area contributed by atoms with Crippen molar-refractivity contribution in [1.29, 1.82) is 0 Å². The molecule has 0 aromatic rings. The van der Waals surface area contributed by atoms with Crippen LogP contribution in [-0.2, 0) is 9.59 Å². The molecule has 14 heavy (non-hydrogen) atoms. The second-order valence-corrected chi connectivity index (χ2v) is 3.14. The molecule has 0 bridgehead atoms. The van der Waals surface area contributed by atoms with E-state index in [0.29, 0.717) is 13.0 Å². The van der Waals surface area contributed by atoms with Gasteiger partial charge in [0.05, 0.1) is 6.04 Å². The minimum Gasteiger partial charge on any atom is -0.480 e. The van der Waals surface area contributed by atoms with Crippen LogP contribution in [0.25, 0.3) is 0 Å². The molecule has 1 atom stereocenters. The van der Waals surface area contributed by atoms with E-state index in [0.717, 1.165) is 6.42 Å². The summed E-state index contributed by atoms with van der Waals surface area (Å²) in [6, 6.07) is -0.570. The Morgan fingerprint density at radius 3 is 2.36 bits per heavy atom. The van der Waals surface area contributed by atoms with Crippen LogP contribution >= 0.6 is 0 Å². The molecule has 0 aromatic carbocycles. The first-order valence-electron chi connectivity index (χ1n) is 4.79. The smallest absolute Gasteiger partial charge is 0.323 e. The average Bonchev–Trinajstić information content (AvgIpc) is 2.13. The zero-order chi connectivity index (χ0) is 11.1. The fraction of sp³-hybridized carbons (Fsp3) is 0.778. The molecule has 0 heterocycles. The van der Waals surface area contributed by atoms with Crippen molar-refractivity contribution in [3.63, 3.8) is 0 Å². The Morgan fingerprint density at radius 1 is 1.43 bits per heavy atom. The average molecular weight is 202 g/mol. The number of hydrogen-bond acceptors (Lipinski definition) is 3. The standard InChI is InChI=1S/C9H18N2O3/c1-3-5-7(10)9(14)11(4-2)6-8(12)13/h7H,3-6,10H2,1-2H3,(H,12,13)/t7-/m1/s1. The van der Waals surface area contributed by atoms with Crippen LogP contribution in [0.4, 0.5) is 0 Å². The lowest BCUT2D eigenvalue weighted by Crippen LogP contribution is -2.45. The van der Waals surface area contributed by atoms with Crippen molar-refractivity contribution in [2.75, 3.05) is 13.1 Å². The van der Waals surface area contributed by atoms with E-state index in [9.17, 15) is 9.59 Å². The topological polar surface area (TPSA) is 83.6 Å². The zero-order valence-electron chi connectivity index (χ0n) is 8.69. The molecular weight excluding hydrogens is 184 g/mol. The highest BCUT2D eigenvalue weighted by atomic mass is 16.4. The normalized spacial score (nSPS) is 12.2. The summed E-state index contributed by atoms with van der Waals surface area (Å²) in [4.78, 5) is 23.2. The van der Waals surface area contributed by atoms with E-state index in [1.165, 1.54) is 4.90 Å². The van der Waals surface area contributed by atoms with E-state index in [1.807, 2.05) is 6.92 Å². The Hall–Kier alpha value is -1.10. The van der Waals surface area contributed by atoms with Crippen LogP contribution in [-0.4, -0.2) is 41.0 Å². The Balaban J connectivity index is 4.22. The molecule has 0 aliphatic rings. The number of carbonyl (C=O) groups is 2. The highest BCUT2D eigenvalue weighted by Gasteiger charge is 2.20. The summed E-state index contributed by atoms with van der Waals surface area (Å²) in [7, 11) is 0. The quantitative estimate of drug-likeness (QED) is 0.637. The van der Waals surface area contributed by atoms with Gasteiger partial charge in [-0.25, -0.2) is 0 Å². The molecular formula is C9H18N2O3. The number of likely N-dealkylation sites (N-methyl/N-ethyl adjacent to an activating group) is 1. The number of carbonyl (C=O) groups excluding carboxylic acids is 1. The van der Waals surface area contributed by atoms with Crippen LogP contribution in [0, 0.1) is 0 Å². The maximum Gasteiger partial charge on any atom is 0.323 e. The highest BCUT2D eigenvalue weighted by molar-refractivity contribution is 5.85. The fourth-order valence-corrected chi connectivity index (χ4v) is 1.18. The fourth-order valence-electron chi connectivity index (χ4n) is 1.18. The van der Waals surface area contributed by atoms with Crippen LogP contribution in [0.3, 0.4) is 0 Å². The molecule has 5 nitrogen and oxygen atoms in total. The van der Waals surface area contributed by atoms with Crippen molar-refractivity contribution >= 4 is 11.9 Å². The minimum atomic E-state index is -1.01. The van der Waals surface area contributed by atoms with Gasteiger partial charge in [-0.1, -0.05) is 13.3 Å². The molecule has 0 fully saturated rings. The van der Waals surface area contributed by atoms with Gasteiger partial charge in [-0.2, -0.15) is 0 Å². The number of carboxylic acid groups (broad SMARTS) is 1. The number of hydrogen-bond donors (Lipinski definition) is 2. The van der Waals surface area contributed by atoms with Gasteiger partial charge in [0, 0.05) is 6.54 Å². The SMILES string of the molecule is CCC[C@@H](N)C(=O)N(CC)CC(=O)O. The molecule has 0 aliphatic carbocycles. The molecule has 5 heteroatoms. The second kappa shape index (κ2) is 6.37. The molecule has 0 aliphatic heterocycles. The largest absolute Gasteiger partial charge is 0.480 e. The summed E-state index contributed by atoms with van der Waals surface area (Å²) in [6.07, 6.45) is 1.41. The number of nitrogens with zero attached hydrogens (tertiary/aromatic N) is 1. The van der Waals surface area contributed by atoms with Gasteiger partial charge in [0.2, 0.25) is 5.91 Å². The van der Waals surface area contributed by atoms with Gasteiger partial charge >= 0.3 is 5.97 Å². The van der Waals surface area contributed by atoms with Crippen LogP contribution in [0.5, 0.6) is 0 Å². The van der Waals surface area contributed by atoms with Gasteiger partial charge in [0.25, 0.3) is 0 Å². The molecule has 0 rings (SSSR count). The minimum absolute atomic E-state index is 0.271. The highest BCUT2D eigenvalue weighted by Crippen LogP contribution is 1.99. The molecule has 0 saturated heterocycles. The second-order valence-electron chi connectivity index (χ2n) is 3.14. The van der Waals surface area contributed by atoms with E-state index < -0.39 is 12.0 Å². The van der Waals surface area contributed by atoms with Gasteiger partial charge in [-0.15, -0.1) is 0 Å². The van der Waals surface area contributed by atoms with Crippen molar-refractivity contribution in [2.24, 2.45) is 5.73 Å². The van der Waals surface area contributed by atoms with Gasteiger partial charge in [0.1, 0.15) is 6.54 Å². The maximum atomic E-state index is 11.5.